The lowest BCUT2D eigenvalue weighted by molar-refractivity contribution is -0.118. The Hall–Kier alpha value is -1.38. The summed E-state index contributed by atoms with van der Waals surface area (Å²) in [6.45, 7) is 5.48. The van der Waals surface area contributed by atoms with Gasteiger partial charge < -0.3 is 5.73 Å². The molecule has 3 heteroatoms. The number of carbonyl (C=O) groups is 1. The van der Waals surface area contributed by atoms with Gasteiger partial charge in [-0.1, -0.05) is 25.5 Å². The molecule has 1 aliphatic rings. The quantitative estimate of drug-likeness (QED) is 0.450. The van der Waals surface area contributed by atoms with E-state index in [4.69, 9.17) is 5.73 Å². The Kier molecular flexibility index (Phi) is 4.96. The molecule has 1 fully saturated rings. The minimum atomic E-state index is -0.0995. The van der Waals surface area contributed by atoms with Crippen molar-refractivity contribution in [3.05, 3.63) is 24.3 Å². The van der Waals surface area contributed by atoms with Crippen molar-refractivity contribution in [3.63, 3.8) is 0 Å². The van der Waals surface area contributed by atoms with E-state index < -0.39 is 0 Å². The topological polar surface area (TPSA) is 55.4 Å². The number of hydrogen-bond acceptors (Lipinski definition) is 1. The zero-order valence-corrected chi connectivity index (χ0v) is 9.91. The number of allylic oxidation sites excluding steroid dienone is 2. The van der Waals surface area contributed by atoms with Crippen molar-refractivity contribution < 1.29 is 4.79 Å². The first kappa shape index (κ1) is 12.7. The van der Waals surface area contributed by atoms with Crippen LogP contribution in [0.2, 0.25) is 0 Å². The molecule has 0 bridgehead atoms. The van der Waals surface area contributed by atoms with Crippen LogP contribution >= 0.6 is 0 Å². The smallest absolute Gasteiger partial charge is 0.247 e. The average molecular weight is 220 g/mol. The van der Waals surface area contributed by atoms with Gasteiger partial charge in [0.25, 0.3) is 0 Å². The Morgan fingerprint density at radius 2 is 2.12 bits per heavy atom. The van der Waals surface area contributed by atoms with Gasteiger partial charge in [-0.25, -0.2) is 0 Å². The maximum Gasteiger partial charge on any atom is 0.247 e. The molecule has 0 spiro atoms. The molecule has 1 saturated carbocycles. The summed E-state index contributed by atoms with van der Waals surface area (Å²) in [5, 5.41) is 0. The highest BCUT2D eigenvalue weighted by atomic mass is 16.1. The first-order valence-corrected chi connectivity index (χ1v) is 5.79. The summed E-state index contributed by atoms with van der Waals surface area (Å²) in [7, 11) is 0. The highest BCUT2D eigenvalue weighted by molar-refractivity contribution is 6.00. The molecule has 2 N–H and O–H groups in total. The van der Waals surface area contributed by atoms with Gasteiger partial charge in [0.2, 0.25) is 5.91 Å². The molecule has 0 radical (unpaired) electrons. The second-order valence-corrected chi connectivity index (χ2v) is 4.38. The van der Waals surface area contributed by atoms with Crippen molar-refractivity contribution in [1.82, 2.24) is 0 Å². The summed E-state index contributed by atoms with van der Waals surface area (Å²) in [5.74, 6) is 0.700. The van der Waals surface area contributed by atoms with Gasteiger partial charge >= 0.3 is 0 Å². The van der Waals surface area contributed by atoms with Crippen molar-refractivity contribution in [2.45, 2.75) is 39.0 Å². The largest absolute Gasteiger partial charge is 0.384 e. The summed E-state index contributed by atoms with van der Waals surface area (Å²) in [6.07, 6.45) is 8.69. The van der Waals surface area contributed by atoms with Gasteiger partial charge in [0.15, 0.2) is 0 Å². The van der Waals surface area contributed by atoms with Crippen LogP contribution in [0.25, 0.3) is 0 Å². The third-order valence-corrected chi connectivity index (χ3v) is 2.89. The lowest BCUT2D eigenvalue weighted by Crippen LogP contribution is -2.13. The molecule has 1 amide bonds. The second kappa shape index (κ2) is 6.26. The second-order valence-electron chi connectivity index (χ2n) is 4.38. The van der Waals surface area contributed by atoms with Crippen molar-refractivity contribution in [2.24, 2.45) is 16.6 Å². The molecule has 0 aromatic carbocycles. The molecule has 0 unspecified atom stereocenters. The van der Waals surface area contributed by atoms with Crippen LogP contribution in [0.1, 0.15) is 39.0 Å². The summed E-state index contributed by atoms with van der Waals surface area (Å²) in [4.78, 5) is 15.4. The highest BCUT2D eigenvalue weighted by Gasteiger charge is 2.17. The fourth-order valence-corrected chi connectivity index (χ4v) is 1.98. The van der Waals surface area contributed by atoms with Gasteiger partial charge in [0, 0.05) is 6.42 Å². The lowest BCUT2D eigenvalue weighted by Gasteiger charge is -2.04. The predicted octanol–water partition coefficient (Wildman–Crippen LogP) is 2.58. The van der Waals surface area contributed by atoms with Crippen LogP contribution < -0.4 is 5.73 Å². The fourth-order valence-electron chi connectivity index (χ4n) is 1.98. The normalized spacial score (nSPS) is 18.8. The zero-order chi connectivity index (χ0) is 12.0. The first-order chi connectivity index (χ1) is 7.61. The van der Waals surface area contributed by atoms with Crippen LogP contribution in [0, 0.1) is 5.92 Å². The number of aliphatic imine (C=N–C) groups is 1. The highest BCUT2D eigenvalue weighted by Crippen LogP contribution is 2.27. The number of nitrogens with zero attached hydrogens (tertiary/aromatic N) is 1. The Morgan fingerprint density at radius 3 is 2.69 bits per heavy atom. The minimum Gasteiger partial charge on any atom is -0.384 e. The van der Waals surface area contributed by atoms with Crippen molar-refractivity contribution in [2.75, 3.05) is 0 Å². The number of amidine groups is 1. The molecule has 1 aliphatic carbocycles. The summed E-state index contributed by atoms with van der Waals surface area (Å²) in [5.41, 5.74) is 6.54. The Bertz CT molecular complexity index is 323. The van der Waals surface area contributed by atoms with Crippen molar-refractivity contribution >= 4 is 11.7 Å². The van der Waals surface area contributed by atoms with Crippen LogP contribution in [0.15, 0.2) is 29.3 Å². The molecule has 0 aliphatic heterocycles. The minimum absolute atomic E-state index is 0.0995. The number of rotatable bonds is 4. The van der Waals surface area contributed by atoms with Gasteiger partial charge in [-0.05, 0) is 37.3 Å². The van der Waals surface area contributed by atoms with E-state index in [1.54, 1.807) is 12.2 Å². The summed E-state index contributed by atoms with van der Waals surface area (Å²) < 4.78 is 0. The Labute approximate surface area is 97.1 Å². The van der Waals surface area contributed by atoms with Crippen LogP contribution in [0.5, 0.6) is 0 Å². The third kappa shape index (κ3) is 4.43. The van der Waals surface area contributed by atoms with E-state index in [1.807, 2.05) is 6.92 Å². The summed E-state index contributed by atoms with van der Waals surface area (Å²) >= 11 is 0. The molecular formula is C13H20N2O. The fraction of sp³-hybridized carbons (Fsp3) is 0.538. The SMILES string of the molecule is C=C/C(C)=C\C(N)=NC(=O)CC1CCCC1. The third-order valence-electron chi connectivity index (χ3n) is 2.89. The van der Waals surface area contributed by atoms with E-state index in [0.717, 1.165) is 18.4 Å². The number of amides is 1. The Balaban J connectivity index is 2.48. The van der Waals surface area contributed by atoms with Gasteiger partial charge in [0.05, 0.1) is 0 Å². The number of nitrogens with two attached hydrogens (primary N) is 1. The van der Waals surface area contributed by atoms with E-state index in [0.29, 0.717) is 12.3 Å². The van der Waals surface area contributed by atoms with Crippen LogP contribution in [-0.2, 0) is 4.79 Å². The van der Waals surface area contributed by atoms with Crippen molar-refractivity contribution in [1.29, 1.82) is 0 Å². The molecule has 16 heavy (non-hydrogen) atoms. The van der Waals surface area contributed by atoms with Gasteiger partial charge in [0.1, 0.15) is 5.84 Å². The monoisotopic (exact) mass is 220 g/mol. The number of hydrogen-bond donors (Lipinski definition) is 1. The van der Waals surface area contributed by atoms with Gasteiger partial charge in [-0.15, -0.1) is 0 Å². The first-order valence-electron chi connectivity index (χ1n) is 5.79. The number of carbonyl (C=O) groups excluding carboxylic acids is 1. The maximum atomic E-state index is 11.6. The molecule has 0 atom stereocenters. The molecule has 88 valence electrons. The van der Waals surface area contributed by atoms with Crippen LogP contribution in [0.3, 0.4) is 0 Å². The maximum absolute atomic E-state index is 11.6. The molecular weight excluding hydrogens is 200 g/mol. The molecule has 3 nitrogen and oxygen atoms in total. The molecule has 1 rings (SSSR count). The molecule has 0 saturated heterocycles. The van der Waals surface area contributed by atoms with Crippen LogP contribution in [-0.4, -0.2) is 11.7 Å². The van der Waals surface area contributed by atoms with Gasteiger partial charge in [-0.2, -0.15) is 4.99 Å². The van der Waals surface area contributed by atoms with E-state index in [9.17, 15) is 4.79 Å². The van der Waals surface area contributed by atoms with E-state index >= 15 is 0 Å². The standard InChI is InChI=1S/C13H20N2O/c1-3-10(2)8-12(14)15-13(16)9-11-6-4-5-7-11/h3,8,11H,1,4-7,9H2,2H3,(H2,14,15,16)/b10-8-. The van der Waals surface area contributed by atoms with E-state index in [-0.39, 0.29) is 11.7 Å². The molecule has 0 heterocycles. The van der Waals surface area contributed by atoms with Crippen molar-refractivity contribution in [3.8, 4) is 0 Å². The molecule has 0 aromatic rings. The molecule has 0 aromatic heterocycles. The predicted molar refractivity (Wildman–Crippen MR) is 67.2 cm³/mol. The Morgan fingerprint density at radius 1 is 1.50 bits per heavy atom. The van der Waals surface area contributed by atoms with E-state index in [2.05, 4.69) is 11.6 Å². The van der Waals surface area contributed by atoms with Crippen LogP contribution in [0.4, 0.5) is 0 Å². The average Bonchev–Trinajstić information content (AvgIpc) is 2.69. The lowest BCUT2D eigenvalue weighted by atomic mass is 10.0. The zero-order valence-electron chi connectivity index (χ0n) is 9.91. The summed E-state index contributed by atoms with van der Waals surface area (Å²) in [6, 6.07) is 0. The van der Waals surface area contributed by atoms with E-state index in [1.165, 1.54) is 12.8 Å². The van der Waals surface area contributed by atoms with Gasteiger partial charge in [-0.3, -0.25) is 4.79 Å².